The SMILES string of the molecule is CCCC(C)Oc1ccc(/C=C/C(=O)O)cc1Br. The molecule has 1 rings (SSSR count). The zero-order valence-corrected chi connectivity index (χ0v) is 12.1. The normalized spacial score (nSPS) is 12.6. The molecule has 0 saturated carbocycles. The van der Waals surface area contributed by atoms with Crippen LogP contribution in [0.15, 0.2) is 28.7 Å². The van der Waals surface area contributed by atoms with Crippen LogP contribution in [0.5, 0.6) is 5.75 Å². The van der Waals surface area contributed by atoms with Gasteiger partial charge >= 0.3 is 5.97 Å². The van der Waals surface area contributed by atoms with Gasteiger partial charge in [0, 0.05) is 6.08 Å². The van der Waals surface area contributed by atoms with Crippen LogP contribution >= 0.6 is 15.9 Å². The lowest BCUT2D eigenvalue weighted by molar-refractivity contribution is -0.131. The van der Waals surface area contributed by atoms with Crippen LogP contribution in [0.3, 0.4) is 0 Å². The van der Waals surface area contributed by atoms with Gasteiger partial charge in [-0.1, -0.05) is 19.4 Å². The summed E-state index contributed by atoms with van der Waals surface area (Å²) in [4.78, 5) is 10.4. The highest BCUT2D eigenvalue weighted by molar-refractivity contribution is 9.10. The first kappa shape index (κ1) is 14.8. The number of carboxylic acid groups (broad SMARTS) is 1. The van der Waals surface area contributed by atoms with Gasteiger partial charge in [0.2, 0.25) is 0 Å². The van der Waals surface area contributed by atoms with Crippen molar-refractivity contribution in [2.24, 2.45) is 0 Å². The van der Waals surface area contributed by atoms with Crippen molar-refractivity contribution in [3.63, 3.8) is 0 Å². The molecule has 1 aromatic rings. The van der Waals surface area contributed by atoms with E-state index in [9.17, 15) is 4.79 Å². The molecule has 3 nitrogen and oxygen atoms in total. The molecule has 1 atom stereocenters. The third-order valence-corrected chi connectivity index (χ3v) is 3.02. The largest absolute Gasteiger partial charge is 0.490 e. The lowest BCUT2D eigenvalue weighted by atomic mass is 10.2. The highest BCUT2D eigenvalue weighted by atomic mass is 79.9. The molecule has 0 aliphatic carbocycles. The zero-order chi connectivity index (χ0) is 13.5. The summed E-state index contributed by atoms with van der Waals surface area (Å²) in [6.45, 7) is 4.16. The van der Waals surface area contributed by atoms with Crippen LogP contribution in [-0.4, -0.2) is 17.2 Å². The van der Waals surface area contributed by atoms with Gasteiger partial charge in [0.15, 0.2) is 0 Å². The molecule has 0 aliphatic rings. The number of benzene rings is 1. The third-order valence-electron chi connectivity index (χ3n) is 2.40. The van der Waals surface area contributed by atoms with E-state index in [-0.39, 0.29) is 6.10 Å². The highest BCUT2D eigenvalue weighted by Crippen LogP contribution is 2.28. The highest BCUT2D eigenvalue weighted by Gasteiger charge is 2.06. The monoisotopic (exact) mass is 312 g/mol. The fraction of sp³-hybridized carbons (Fsp3) is 0.357. The molecule has 0 aliphatic heterocycles. The summed E-state index contributed by atoms with van der Waals surface area (Å²) in [6.07, 6.45) is 4.92. The summed E-state index contributed by atoms with van der Waals surface area (Å²) in [5.41, 5.74) is 0.819. The van der Waals surface area contributed by atoms with Crippen molar-refractivity contribution in [3.05, 3.63) is 34.3 Å². The maximum Gasteiger partial charge on any atom is 0.328 e. The van der Waals surface area contributed by atoms with Gasteiger partial charge in [-0.3, -0.25) is 0 Å². The van der Waals surface area contributed by atoms with Gasteiger partial charge in [0.05, 0.1) is 10.6 Å². The lowest BCUT2D eigenvalue weighted by Gasteiger charge is -2.15. The number of ether oxygens (including phenoxy) is 1. The molecule has 4 heteroatoms. The summed E-state index contributed by atoms with van der Waals surface area (Å²) in [7, 11) is 0. The van der Waals surface area contributed by atoms with Crippen LogP contribution < -0.4 is 4.74 Å². The second kappa shape index (κ2) is 7.21. The summed E-state index contributed by atoms with van der Waals surface area (Å²) in [5.74, 6) is -0.175. The van der Waals surface area contributed by atoms with Crippen LogP contribution in [0.4, 0.5) is 0 Å². The van der Waals surface area contributed by atoms with E-state index in [0.29, 0.717) is 0 Å². The average Bonchev–Trinajstić information content (AvgIpc) is 2.30. The summed E-state index contributed by atoms with van der Waals surface area (Å²) >= 11 is 3.43. The quantitative estimate of drug-likeness (QED) is 0.804. The molecule has 1 unspecified atom stereocenters. The molecule has 1 aromatic carbocycles. The van der Waals surface area contributed by atoms with Crippen LogP contribution in [0.1, 0.15) is 32.3 Å². The zero-order valence-electron chi connectivity index (χ0n) is 10.5. The van der Waals surface area contributed by atoms with Crippen molar-refractivity contribution in [1.29, 1.82) is 0 Å². The van der Waals surface area contributed by atoms with Crippen LogP contribution in [0.25, 0.3) is 6.08 Å². The minimum absolute atomic E-state index is 0.173. The van der Waals surface area contributed by atoms with Crippen molar-refractivity contribution in [2.45, 2.75) is 32.8 Å². The topological polar surface area (TPSA) is 46.5 Å². The molecular formula is C14H17BrO3. The molecular weight excluding hydrogens is 296 g/mol. The second-order valence-corrected chi connectivity index (χ2v) is 4.93. The van der Waals surface area contributed by atoms with Gasteiger partial charge in [0.25, 0.3) is 0 Å². The second-order valence-electron chi connectivity index (χ2n) is 4.08. The molecule has 0 fully saturated rings. The number of aliphatic carboxylic acids is 1. The van der Waals surface area contributed by atoms with Gasteiger partial charge in [-0.25, -0.2) is 4.79 Å². The van der Waals surface area contributed by atoms with Crippen LogP contribution in [-0.2, 0) is 4.79 Å². The first-order valence-corrected chi connectivity index (χ1v) is 6.69. The molecule has 1 N–H and O–H groups in total. The molecule has 0 amide bonds. The van der Waals surface area contributed by atoms with Crippen molar-refractivity contribution in [3.8, 4) is 5.75 Å². The van der Waals surface area contributed by atoms with E-state index in [1.807, 2.05) is 25.1 Å². The van der Waals surface area contributed by atoms with Gasteiger partial charge in [-0.15, -0.1) is 0 Å². The van der Waals surface area contributed by atoms with E-state index >= 15 is 0 Å². The van der Waals surface area contributed by atoms with Gasteiger partial charge in [-0.2, -0.15) is 0 Å². The predicted octanol–water partition coefficient (Wildman–Crippen LogP) is 4.11. The number of hydrogen-bond donors (Lipinski definition) is 1. The van der Waals surface area contributed by atoms with Crippen molar-refractivity contribution in [1.82, 2.24) is 0 Å². The van der Waals surface area contributed by atoms with Crippen molar-refractivity contribution in [2.75, 3.05) is 0 Å². The standard InChI is InChI=1S/C14H17BrO3/c1-3-4-10(2)18-13-7-5-11(9-12(13)15)6-8-14(16)17/h5-10H,3-4H2,1-2H3,(H,16,17)/b8-6+. The Bertz CT molecular complexity index is 441. The molecule has 0 spiro atoms. The fourth-order valence-electron chi connectivity index (χ4n) is 1.57. The van der Waals surface area contributed by atoms with E-state index in [0.717, 1.165) is 34.7 Å². The molecule has 98 valence electrons. The predicted molar refractivity (Wildman–Crippen MR) is 75.8 cm³/mol. The van der Waals surface area contributed by atoms with E-state index in [1.54, 1.807) is 6.08 Å². The number of rotatable bonds is 6. The first-order chi connectivity index (χ1) is 8.52. The summed E-state index contributed by atoms with van der Waals surface area (Å²) in [5, 5.41) is 8.55. The number of carboxylic acids is 1. The Morgan fingerprint density at radius 2 is 2.28 bits per heavy atom. The Kier molecular flexibility index (Phi) is 5.92. The van der Waals surface area contributed by atoms with Gasteiger partial charge in [0.1, 0.15) is 5.75 Å². The summed E-state index contributed by atoms with van der Waals surface area (Å²) < 4.78 is 6.61. The molecule has 0 radical (unpaired) electrons. The Labute approximate surface area is 116 Å². The Hall–Kier alpha value is -1.29. The fourth-order valence-corrected chi connectivity index (χ4v) is 2.06. The molecule has 18 heavy (non-hydrogen) atoms. The number of carbonyl (C=O) groups is 1. The van der Waals surface area contributed by atoms with E-state index in [4.69, 9.17) is 9.84 Å². The van der Waals surface area contributed by atoms with Crippen LogP contribution in [0, 0.1) is 0 Å². The Morgan fingerprint density at radius 3 is 2.83 bits per heavy atom. The first-order valence-electron chi connectivity index (χ1n) is 5.90. The maximum absolute atomic E-state index is 10.4. The van der Waals surface area contributed by atoms with Crippen molar-refractivity contribution >= 4 is 28.0 Å². The van der Waals surface area contributed by atoms with E-state index < -0.39 is 5.97 Å². The average molecular weight is 313 g/mol. The number of halogens is 1. The molecule has 0 bridgehead atoms. The lowest BCUT2D eigenvalue weighted by Crippen LogP contribution is -2.11. The van der Waals surface area contributed by atoms with Crippen LogP contribution in [0.2, 0.25) is 0 Å². The molecule has 0 aromatic heterocycles. The third kappa shape index (κ3) is 4.92. The minimum atomic E-state index is -0.956. The Balaban J connectivity index is 2.76. The minimum Gasteiger partial charge on any atom is -0.490 e. The number of hydrogen-bond acceptors (Lipinski definition) is 2. The van der Waals surface area contributed by atoms with E-state index in [1.165, 1.54) is 0 Å². The smallest absolute Gasteiger partial charge is 0.328 e. The molecule has 0 saturated heterocycles. The molecule has 0 heterocycles. The van der Waals surface area contributed by atoms with Gasteiger partial charge < -0.3 is 9.84 Å². The van der Waals surface area contributed by atoms with E-state index in [2.05, 4.69) is 22.9 Å². The summed E-state index contributed by atoms with van der Waals surface area (Å²) in [6, 6.07) is 5.52. The van der Waals surface area contributed by atoms with Gasteiger partial charge in [-0.05, 0) is 53.0 Å². The van der Waals surface area contributed by atoms with Crippen molar-refractivity contribution < 1.29 is 14.6 Å². The maximum atomic E-state index is 10.4. The Morgan fingerprint density at radius 1 is 1.56 bits per heavy atom.